The molecular weight excluding hydrogens is 298 g/mol. The number of nitrogens with one attached hydrogen (secondary N) is 1. The number of nitrogens with two attached hydrogens (primary N) is 1. The number of benzene rings is 2. The van der Waals surface area contributed by atoms with Gasteiger partial charge in [-0.05, 0) is 29.9 Å². The van der Waals surface area contributed by atoms with Crippen molar-refractivity contribution in [2.45, 2.75) is 37.8 Å². The molecule has 0 radical (unpaired) electrons. The minimum atomic E-state index is 0.212. The maximum atomic E-state index is 6.11. The maximum Gasteiger partial charge on any atom is 0.193 e. The summed E-state index contributed by atoms with van der Waals surface area (Å²) in [5.41, 5.74) is 9.72. The first-order valence-electron chi connectivity index (χ1n) is 8.33. The summed E-state index contributed by atoms with van der Waals surface area (Å²) in [5, 5.41) is 3.21. The molecule has 126 valence electrons. The quantitative estimate of drug-likeness (QED) is 0.652. The fourth-order valence-electron chi connectivity index (χ4n) is 3.44. The maximum absolute atomic E-state index is 6.11. The highest BCUT2D eigenvalue weighted by atomic mass is 16.5. The lowest BCUT2D eigenvalue weighted by Gasteiger charge is -2.44. The summed E-state index contributed by atoms with van der Waals surface area (Å²) in [7, 11) is 1.69. The molecule has 0 aromatic heterocycles. The fourth-order valence-corrected chi connectivity index (χ4v) is 3.44. The number of para-hydroxylation sites is 1. The van der Waals surface area contributed by atoms with E-state index in [9.17, 15) is 0 Å². The Hall–Kier alpha value is -2.33. The van der Waals surface area contributed by atoms with Gasteiger partial charge in [0.05, 0.1) is 12.6 Å². The Morgan fingerprint density at radius 3 is 2.54 bits per heavy atom. The van der Waals surface area contributed by atoms with Crippen LogP contribution in [0.2, 0.25) is 0 Å². The van der Waals surface area contributed by atoms with E-state index in [0.29, 0.717) is 12.6 Å². The van der Waals surface area contributed by atoms with Crippen LogP contribution in [0.25, 0.3) is 0 Å². The summed E-state index contributed by atoms with van der Waals surface area (Å²) in [6.45, 7) is 2.85. The van der Waals surface area contributed by atoms with E-state index in [4.69, 9.17) is 10.5 Å². The second kappa shape index (κ2) is 7.05. The fraction of sp³-hybridized carbons (Fsp3) is 0.350. The van der Waals surface area contributed by atoms with Crippen LogP contribution >= 0.6 is 0 Å². The van der Waals surface area contributed by atoms with E-state index in [1.165, 1.54) is 5.56 Å². The number of guanidine groups is 1. The van der Waals surface area contributed by atoms with E-state index in [-0.39, 0.29) is 11.5 Å². The first-order valence-corrected chi connectivity index (χ1v) is 8.33. The molecule has 0 atom stereocenters. The van der Waals surface area contributed by atoms with Gasteiger partial charge in [-0.25, -0.2) is 4.99 Å². The smallest absolute Gasteiger partial charge is 0.193 e. The van der Waals surface area contributed by atoms with Crippen LogP contribution in [0.15, 0.2) is 59.6 Å². The zero-order valence-electron chi connectivity index (χ0n) is 14.3. The van der Waals surface area contributed by atoms with Crippen LogP contribution in [0.3, 0.4) is 0 Å². The van der Waals surface area contributed by atoms with E-state index in [1.807, 2.05) is 24.3 Å². The van der Waals surface area contributed by atoms with Crippen molar-refractivity contribution in [1.82, 2.24) is 0 Å². The highest BCUT2D eigenvalue weighted by Crippen LogP contribution is 2.44. The van der Waals surface area contributed by atoms with E-state index in [1.54, 1.807) is 7.11 Å². The third-order valence-corrected chi connectivity index (χ3v) is 4.74. The van der Waals surface area contributed by atoms with Gasteiger partial charge in [0.1, 0.15) is 0 Å². The van der Waals surface area contributed by atoms with Crippen molar-refractivity contribution in [2.24, 2.45) is 10.7 Å². The molecule has 1 aliphatic carbocycles. The Balaban J connectivity index is 1.62. The molecule has 24 heavy (non-hydrogen) atoms. The zero-order valence-corrected chi connectivity index (χ0v) is 14.3. The molecule has 0 heterocycles. The van der Waals surface area contributed by atoms with Gasteiger partial charge in [-0.3, -0.25) is 0 Å². The van der Waals surface area contributed by atoms with Crippen LogP contribution in [0.5, 0.6) is 0 Å². The highest BCUT2D eigenvalue weighted by molar-refractivity contribution is 5.93. The summed E-state index contributed by atoms with van der Waals surface area (Å²) >= 11 is 0. The number of aliphatic imine (C=N–C) groups is 1. The Bertz CT molecular complexity index is 706. The van der Waals surface area contributed by atoms with E-state index in [2.05, 4.69) is 47.6 Å². The number of hydrogen-bond acceptors (Lipinski definition) is 2. The summed E-state index contributed by atoms with van der Waals surface area (Å²) in [6.07, 6.45) is 2.05. The minimum Gasteiger partial charge on any atom is -0.380 e. The van der Waals surface area contributed by atoms with Crippen molar-refractivity contribution in [2.75, 3.05) is 12.4 Å². The van der Waals surface area contributed by atoms with Gasteiger partial charge in [-0.1, -0.05) is 55.5 Å². The Kier molecular flexibility index (Phi) is 4.86. The molecule has 0 saturated heterocycles. The van der Waals surface area contributed by atoms with Crippen molar-refractivity contribution in [3.05, 3.63) is 65.7 Å². The van der Waals surface area contributed by atoms with E-state index in [0.717, 1.165) is 24.1 Å². The normalized spacial score (nSPS) is 23.6. The SMILES string of the molecule is COCc1ccccc1NC(N)=NC1CC(C)(c2ccccc2)C1. The molecule has 4 nitrogen and oxygen atoms in total. The first kappa shape index (κ1) is 16.5. The monoisotopic (exact) mass is 323 g/mol. The molecule has 0 amide bonds. The molecule has 4 heteroatoms. The average molecular weight is 323 g/mol. The van der Waals surface area contributed by atoms with Crippen LogP contribution in [-0.4, -0.2) is 19.1 Å². The molecule has 3 rings (SSSR count). The van der Waals surface area contributed by atoms with Crippen molar-refractivity contribution in [3.8, 4) is 0 Å². The molecule has 0 spiro atoms. The molecule has 1 aliphatic rings. The number of methoxy groups -OCH3 is 1. The van der Waals surface area contributed by atoms with Gasteiger partial charge in [0.15, 0.2) is 5.96 Å². The predicted octanol–water partition coefficient (Wildman–Crippen LogP) is 3.68. The van der Waals surface area contributed by atoms with Crippen molar-refractivity contribution < 1.29 is 4.74 Å². The van der Waals surface area contributed by atoms with Gasteiger partial charge in [-0.15, -0.1) is 0 Å². The summed E-state index contributed by atoms with van der Waals surface area (Å²) < 4.78 is 5.22. The second-order valence-electron chi connectivity index (χ2n) is 6.72. The molecule has 1 saturated carbocycles. The predicted molar refractivity (Wildman–Crippen MR) is 99.2 cm³/mol. The lowest BCUT2D eigenvalue weighted by atomic mass is 9.63. The Labute approximate surface area is 143 Å². The topological polar surface area (TPSA) is 59.6 Å². The minimum absolute atomic E-state index is 0.212. The molecule has 0 unspecified atom stereocenters. The van der Waals surface area contributed by atoms with Crippen molar-refractivity contribution in [1.29, 1.82) is 0 Å². The van der Waals surface area contributed by atoms with Crippen LogP contribution in [0, 0.1) is 0 Å². The Morgan fingerprint density at radius 2 is 1.83 bits per heavy atom. The van der Waals surface area contributed by atoms with Crippen LogP contribution in [0.4, 0.5) is 5.69 Å². The standard InChI is InChI=1S/C20H25N3O/c1-20(16-9-4-3-5-10-16)12-17(13-20)22-19(21)23-18-11-7-6-8-15(18)14-24-2/h3-11,17H,12-14H2,1-2H3,(H3,21,22,23). The molecule has 2 aromatic rings. The number of rotatable bonds is 5. The van der Waals surface area contributed by atoms with Crippen LogP contribution < -0.4 is 11.1 Å². The largest absolute Gasteiger partial charge is 0.380 e. The van der Waals surface area contributed by atoms with Crippen LogP contribution in [0.1, 0.15) is 30.9 Å². The third-order valence-electron chi connectivity index (χ3n) is 4.74. The Morgan fingerprint density at radius 1 is 1.17 bits per heavy atom. The number of hydrogen-bond donors (Lipinski definition) is 2. The van der Waals surface area contributed by atoms with Gasteiger partial charge in [-0.2, -0.15) is 0 Å². The lowest BCUT2D eigenvalue weighted by molar-refractivity contribution is 0.185. The average Bonchev–Trinajstić information content (AvgIpc) is 2.56. The van der Waals surface area contributed by atoms with Gasteiger partial charge >= 0.3 is 0 Å². The summed E-state index contributed by atoms with van der Waals surface area (Å²) in [6, 6.07) is 18.9. The summed E-state index contributed by atoms with van der Waals surface area (Å²) in [4.78, 5) is 4.64. The molecule has 0 bridgehead atoms. The third kappa shape index (κ3) is 3.60. The van der Waals surface area contributed by atoms with Gasteiger partial charge in [0.25, 0.3) is 0 Å². The van der Waals surface area contributed by atoms with Gasteiger partial charge in [0.2, 0.25) is 0 Å². The molecule has 1 fully saturated rings. The van der Waals surface area contributed by atoms with E-state index < -0.39 is 0 Å². The number of nitrogens with zero attached hydrogens (tertiary/aromatic N) is 1. The molecular formula is C20H25N3O. The van der Waals surface area contributed by atoms with Gasteiger partial charge in [0, 0.05) is 18.4 Å². The highest BCUT2D eigenvalue weighted by Gasteiger charge is 2.41. The molecule has 3 N–H and O–H groups in total. The van der Waals surface area contributed by atoms with Crippen LogP contribution in [-0.2, 0) is 16.8 Å². The van der Waals surface area contributed by atoms with Gasteiger partial charge < -0.3 is 15.8 Å². The number of ether oxygens (including phenoxy) is 1. The first-order chi connectivity index (χ1) is 11.6. The molecule has 0 aliphatic heterocycles. The van der Waals surface area contributed by atoms with E-state index >= 15 is 0 Å². The number of anilines is 1. The van der Waals surface area contributed by atoms with Crippen molar-refractivity contribution in [3.63, 3.8) is 0 Å². The molecule has 2 aromatic carbocycles. The summed E-state index contributed by atoms with van der Waals surface area (Å²) in [5.74, 6) is 0.471. The van der Waals surface area contributed by atoms with Crippen molar-refractivity contribution >= 4 is 11.6 Å². The lowest BCUT2D eigenvalue weighted by Crippen LogP contribution is -2.42. The zero-order chi connectivity index (χ0) is 17.0. The second-order valence-corrected chi connectivity index (χ2v) is 6.72.